The van der Waals surface area contributed by atoms with E-state index in [0.717, 1.165) is 108 Å². The summed E-state index contributed by atoms with van der Waals surface area (Å²) in [6.45, 7) is 12.8. The van der Waals surface area contributed by atoms with Crippen molar-refractivity contribution in [3.8, 4) is 16.9 Å². The van der Waals surface area contributed by atoms with Gasteiger partial charge in [0.1, 0.15) is 5.75 Å². The minimum atomic E-state index is -0.273. The van der Waals surface area contributed by atoms with Crippen LogP contribution in [0.3, 0.4) is 0 Å². The first-order valence-corrected chi connectivity index (χ1v) is 18.0. The SMILES string of the molecule is CCC1=C(C)c2nc1cc1[nH]c(cc3nc(cc4[nH]c(c(C)c4CC)c2-c2ccc(OC)cc2)C(C)=C3CCC(=O)OC)c(CCC(=O)OC)c1C. The van der Waals surface area contributed by atoms with Crippen molar-refractivity contribution >= 4 is 56.3 Å². The van der Waals surface area contributed by atoms with E-state index in [1.165, 1.54) is 25.4 Å². The molecule has 5 heterocycles. The van der Waals surface area contributed by atoms with Crippen LogP contribution in [0.25, 0.3) is 55.5 Å². The van der Waals surface area contributed by atoms with Gasteiger partial charge in [0.15, 0.2) is 0 Å². The molecule has 6 rings (SSSR count). The van der Waals surface area contributed by atoms with Crippen molar-refractivity contribution in [2.45, 2.75) is 80.1 Å². The van der Waals surface area contributed by atoms with Gasteiger partial charge in [0.05, 0.1) is 49.6 Å². The van der Waals surface area contributed by atoms with E-state index in [1.54, 1.807) is 7.11 Å². The zero-order chi connectivity index (χ0) is 37.3. The van der Waals surface area contributed by atoms with E-state index in [9.17, 15) is 9.59 Å². The number of allylic oxidation sites excluding steroid dienone is 4. The number of H-pyrrole nitrogens is 2. The fourth-order valence-electron chi connectivity index (χ4n) is 7.60. The predicted octanol–water partition coefficient (Wildman–Crippen LogP) is 9.50. The van der Waals surface area contributed by atoms with Gasteiger partial charge in [0.25, 0.3) is 0 Å². The van der Waals surface area contributed by atoms with Crippen LogP contribution in [0.5, 0.6) is 5.75 Å². The Morgan fingerprint density at radius 1 is 0.654 bits per heavy atom. The lowest BCUT2D eigenvalue weighted by molar-refractivity contribution is -0.141. The van der Waals surface area contributed by atoms with Gasteiger partial charge in [0, 0.05) is 35.0 Å². The van der Waals surface area contributed by atoms with Crippen molar-refractivity contribution in [3.63, 3.8) is 0 Å². The third kappa shape index (κ3) is 6.67. The van der Waals surface area contributed by atoms with Crippen molar-refractivity contribution in [1.82, 2.24) is 19.9 Å². The summed E-state index contributed by atoms with van der Waals surface area (Å²) in [5.41, 5.74) is 18.0. The van der Waals surface area contributed by atoms with E-state index < -0.39 is 0 Å². The maximum atomic E-state index is 12.4. The second-order valence-corrected chi connectivity index (χ2v) is 13.4. The summed E-state index contributed by atoms with van der Waals surface area (Å²) < 4.78 is 15.6. The minimum absolute atomic E-state index is 0.233. The van der Waals surface area contributed by atoms with Gasteiger partial charge in [-0.25, -0.2) is 9.97 Å². The Morgan fingerprint density at radius 3 is 1.90 bits per heavy atom. The normalized spacial score (nSPS) is 12.8. The molecule has 0 aliphatic carbocycles. The molecule has 0 spiro atoms. The Balaban J connectivity index is 1.79. The summed E-state index contributed by atoms with van der Waals surface area (Å²) in [7, 11) is 4.50. The zero-order valence-corrected chi connectivity index (χ0v) is 31.7. The van der Waals surface area contributed by atoms with Crippen LogP contribution in [0, 0.1) is 13.8 Å². The molecule has 4 aromatic rings. The minimum Gasteiger partial charge on any atom is -0.497 e. The summed E-state index contributed by atoms with van der Waals surface area (Å²) >= 11 is 0. The average molecular weight is 701 g/mol. The molecule has 3 aromatic heterocycles. The number of aryl methyl sites for hydroxylation is 4. The Morgan fingerprint density at radius 2 is 1.27 bits per heavy atom. The number of carbonyl (C=O) groups excluding carboxylic acids is 2. The van der Waals surface area contributed by atoms with E-state index >= 15 is 0 Å². The monoisotopic (exact) mass is 700 g/mol. The Labute approximate surface area is 305 Å². The highest BCUT2D eigenvalue weighted by Gasteiger charge is 2.24. The zero-order valence-electron chi connectivity index (χ0n) is 31.7. The van der Waals surface area contributed by atoms with Crippen LogP contribution in [-0.2, 0) is 31.9 Å². The molecule has 2 aliphatic heterocycles. The number of hydrogen-bond donors (Lipinski definition) is 2. The smallest absolute Gasteiger partial charge is 0.305 e. The number of esters is 2. The summed E-state index contributed by atoms with van der Waals surface area (Å²) in [5, 5.41) is 0. The molecule has 0 amide bonds. The van der Waals surface area contributed by atoms with Crippen molar-refractivity contribution in [3.05, 3.63) is 87.5 Å². The first-order chi connectivity index (χ1) is 25.0. The summed E-state index contributed by atoms with van der Waals surface area (Å²) in [4.78, 5) is 42.8. The van der Waals surface area contributed by atoms with Crippen molar-refractivity contribution in [1.29, 1.82) is 0 Å². The molecule has 1 aromatic carbocycles. The van der Waals surface area contributed by atoms with Crippen LogP contribution in [-0.4, -0.2) is 53.2 Å². The quantitative estimate of drug-likeness (QED) is 0.158. The number of carbonyl (C=O) groups is 2. The van der Waals surface area contributed by atoms with E-state index in [1.807, 2.05) is 12.1 Å². The van der Waals surface area contributed by atoms with E-state index in [2.05, 4.69) is 81.8 Å². The standard InChI is InChI=1S/C43H48N4O5/c1-10-29-25(5)42-41(27-12-14-28(50-7)15-13-27)43-26(6)30(11-2)36(47-43)21-34-24(4)32(17-19-40(49)52-9)38(45-34)22-37-31(16-18-39(48)51-8)23(3)33(44-37)20-35(29)46-42/h12-15,20-22,44,47H,10-11,16-19H2,1-9H3. The molecule has 8 bridgehead atoms. The fourth-order valence-corrected chi connectivity index (χ4v) is 7.60. The molecule has 0 radical (unpaired) electrons. The largest absolute Gasteiger partial charge is 0.497 e. The molecule has 2 N–H and O–H groups in total. The van der Waals surface area contributed by atoms with E-state index in [-0.39, 0.29) is 24.8 Å². The maximum absolute atomic E-state index is 12.4. The van der Waals surface area contributed by atoms with Crippen LogP contribution in [0.1, 0.15) is 98.4 Å². The molecule has 0 fully saturated rings. The van der Waals surface area contributed by atoms with Gasteiger partial charge in [0.2, 0.25) is 0 Å². The number of nitrogens with one attached hydrogen (secondary N) is 2. The number of aromatic amines is 2. The first-order valence-electron chi connectivity index (χ1n) is 18.0. The van der Waals surface area contributed by atoms with Gasteiger partial charge in [-0.15, -0.1) is 0 Å². The molecular weight excluding hydrogens is 652 g/mol. The molecule has 0 unspecified atom stereocenters. The molecule has 2 aliphatic rings. The van der Waals surface area contributed by atoms with E-state index in [0.29, 0.717) is 12.8 Å². The molecule has 0 saturated carbocycles. The van der Waals surface area contributed by atoms with Crippen LogP contribution in [0.2, 0.25) is 0 Å². The molecule has 0 atom stereocenters. The Hall–Kier alpha value is -5.44. The number of methoxy groups -OCH3 is 3. The summed E-state index contributed by atoms with van der Waals surface area (Å²) in [6.07, 6.45) is 3.06. The summed E-state index contributed by atoms with van der Waals surface area (Å²) in [6, 6.07) is 14.5. The lowest BCUT2D eigenvalue weighted by Gasteiger charge is -2.09. The number of aromatic nitrogens is 4. The number of fused-ring (bicyclic) bond motifs is 8. The van der Waals surface area contributed by atoms with Gasteiger partial charge >= 0.3 is 11.9 Å². The van der Waals surface area contributed by atoms with Crippen LogP contribution >= 0.6 is 0 Å². The highest BCUT2D eigenvalue weighted by molar-refractivity contribution is 6.01. The van der Waals surface area contributed by atoms with E-state index in [4.69, 9.17) is 24.2 Å². The van der Waals surface area contributed by atoms with Gasteiger partial charge in [-0.05, 0) is 134 Å². The lowest BCUT2D eigenvalue weighted by atomic mass is 9.95. The second kappa shape index (κ2) is 15.0. The number of benzene rings is 1. The Kier molecular flexibility index (Phi) is 10.5. The average Bonchev–Trinajstić information content (AvgIpc) is 3.82. The molecule has 9 nitrogen and oxygen atoms in total. The maximum Gasteiger partial charge on any atom is 0.305 e. The molecule has 52 heavy (non-hydrogen) atoms. The van der Waals surface area contributed by atoms with Crippen molar-refractivity contribution < 1.29 is 23.8 Å². The number of rotatable bonds is 10. The highest BCUT2D eigenvalue weighted by Crippen LogP contribution is 2.42. The molecule has 270 valence electrons. The van der Waals surface area contributed by atoms with Crippen molar-refractivity contribution in [2.75, 3.05) is 21.3 Å². The highest BCUT2D eigenvalue weighted by atomic mass is 16.5. The lowest BCUT2D eigenvalue weighted by Crippen LogP contribution is -2.02. The number of hydrogen-bond acceptors (Lipinski definition) is 7. The van der Waals surface area contributed by atoms with Crippen LogP contribution < -0.4 is 4.74 Å². The summed E-state index contributed by atoms with van der Waals surface area (Å²) in [5.74, 6) is 0.243. The number of ether oxygens (including phenoxy) is 3. The third-order valence-electron chi connectivity index (χ3n) is 10.6. The van der Waals surface area contributed by atoms with Gasteiger partial charge in [-0.1, -0.05) is 26.0 Å². The van der Waals surface area contributed by atoms with Gasteiger partial charge in [-0.2, -0.15) is 0 Å². The molecule has 0 saturated heterocycles. The topological polar surface area (TPSA) is 119 Å². The van der Waals surface area contributed by atoms with Gasteiger partial charge < -0.3 is 24.2 Å². The number of nitrogens with zero attached hydrogens (tertiary/aromatic N) is 2. The predicted molar refractivity (Wildman–Crippen MR) is 209 cm³/mol. The van der Waals surface area contributed by atoms with Crippen LogP contribution in [0.4, 0.5) is 0 Å². The van der Waals surface area contributed by atoms with Gasteiger partial charge in [-0.3, -0.25) is 9.59 Å². The third-order valence-corrected chi connectivity index (χ3v) is 10.6. The molecule has 9 heteroatoms. The first kappa shape index (κ1) is 36.4. The van der Waals surface area contributed by atoms with Crippen LogP contribution in [0.15, 0.2) is 42.5 Å². The van der Waals surface area contributed by atoms with Crippen molar-refractivity contribution in [2.24, 2.45) is 0 Å². The second-order valence-electron chi connectivity index (χ2n) is 13.4. The fraction of sp³-hybridized carbons (Fsp3) is 0.349. The Bertz CT molecular complexity index is 2300. The molecular formula is C43H48N4O5.